The molecule has 0 aromatic heterocycles. The summed E-state index contributed by atoms with van der Waals surface area (Å²) in [6.45, 7) is 6.87. The molecule has 0 radical (unpaired) electrons. The van der Waals surface area contributed by atoms with Gasteiger partial charge in [0.15, 0.2) is 6.04 Å². The van der Waals surface area contributed by atoms with Gasteiger partial charge in [-0.3, -0.25) is 14.9 Å². The Bertz CT molecular complexity index is 1120. The first-order chi connectivity index (χ1) is 18.0. The molecule has 3 atom stereocenters. The molecule has 1 N–H and O–H groups in total. The number of aryl methyl sites for hydroxylation is 1. The van der Waals surface area contributed by atoms with E-state index in [9.17, 15) is 19.2 Å². The van der Waals surface area contributed by atoms with Crippen LogP contribution in [0.5, 0.6) is 0 Å². The van der Waals surface area contributed by atoms with Gasteiger partial charge in [-0.1, -0.05) is 60.7 Å². The molecule has 2 aromatic rings. The number of nitrogens with zero attached hydrogens (tertiary/aromatic N) is 2. The Labute approximate surface area is 224 Å². The van der Waals surface area contributed by atoms with Gasteiger partial charge in [0.25, 0.3) is 0 Å². The summed E-state index contributed by atoms with van der Waals surface area (Å²) in [6.07, 6.45) is 0.949. The van der Waals surface area contributed by atoms with Crippen LogP contribution in [0, 0.1) is 0 Å². The summed E-state index contributed by atoms with van der Waals surface area (Å²) >= 11 is 0. The van der Waals surface area contributed by atoms with Crippen LogP contribution in [0.25, 0.3) is 0 Å². The van der Waals surface area contributed by atoms with Crippen molar-refractivity contribution < 1.29 is 28.7 Å². The molecule has 0 unspecified atom stereocenters. The smallest absolute Gasteiger partial charge is 0.331 e. The van der Waals surface area contributed by atoms with Crippen LogP contribution in [0.4, 0.5) is 4.79 Å². The molecule has 1 heterocycles. The van der Waals surface area contributed by atoms with Gasteiger partial charge in [-0.25, -0.2) is 14.5 Å². The van der Waals surface area contributed by atoms with Crippen LogP contribution < -0.4 is 5.32 Å². The van der Waals surface area contributed by atoms with Crippen LogP contribution in [0.1, 0.15) is 45.2 Å². The summed E-state index contributed by atoms with van der Waals surface area (Å²) < 4.78 is 11.0. The molecule has 9 nitrogen and oxygen atoms in total. The number of rotatable bonds is 10. The Morgan fingerprint density at radius 2 is 1.58 bits per heavy atom. The van der Waals surface area contributed by atoms with E-state index in [1.807, 2.05) is 60.7 Å². The Balaban J connectivity index is 1.73. The normalized spacial score (nSPS) is 17.2. The van der Waals surface area contributed by atoms with Crippen LogP contribution >= 0.6 is 0 Å². The van der Waals surface area contributed by atoms with Crippen molar-refractivity contribution in [2.24, 2.45) is 0 Å². The van der Waals surface area contributed by atoms with Crippen molar-refractivity contribution in [1.29, 1.82) is 0 Å². The third kappa shape index (κ3) is 7.89. The number of hydrogen-bond acceptors (Lipinski definition) is 7. The van der Waals surface area contributed by atoms with E-state index in [2.05, 4.69) is 5.32 Å². The van der Waals surface area contributed by atoms with Gasteiger partial charge in [0.05, 0.1) is 12.6 Å². The van der Waals surface area contributed by atoms with E-state index in [0.717, 1.165) is 16.0 Å². The minimum absolute atomic E-state index is 0.0305. The molecule has 3 amide bonds. The van der Waals surface area contributed by atoms with E-state index in [4.69, 9.17) is 9.47 Å². The van der Waals surface area contributed by atoms with E-state index in [1.54, 1.807) is 27.7 Å². The van der Waals surface area contributed by atoms with Crippen molar-refractivity contribution in [3.63, 3.8) is 0 Å². The van der Waals surface area contributed by atoms with E-state index >= 15 is 0 Å². The predicted molar refractivity (Wildman–Crippen MR) is 142 cm³/mol. The fourth-order valence-electron chi connectivity index (χ4n) is 4.17. The molecule has 1 aliphatic rings. The van der Waals surface area contributed by atoms with E-state index in [1.165, 1.54) is 11.9 Å². The highest BCUT2D eigenvalue weighted by atomic mass is 16.6. The first kappa shape index (κ1) is 28.8. The molecule has 2 aromatic carbocycles. The highest BCUT2D eigenvalue weighted by Crippen LogP contribution is 2.20. The number of carbonyl (C=O) groups excluding carboxylic acids is 4. The molecule has 1 saturated heterocycles. The monoisotopic (exact) mass is 523 g/mol. The average molecular weight is 524 g/mol. The lowest BCUT2D eigenvalue weighted by Gasteiger charge is -2.28. The number of ether oxygens (including phenoxy) is 2. The van der Waals surface area contributed by atoms with Crippen molar-refractivity contribution in [1.82, 2.24) is 15.1 Å². The second-order valence-corrected chi connectivity index (χ2v) is 10.5. The van der Waals surface area contributed by atoms with Gasteiger partial charge in [0, 0.05) is 7.05 Å². The molecule has 1 fully saturated rings. The number of urea groups is 1. The number of nitrogens with one attached hydrogen (secondary N) is 1. The maximum absolute atomic E-state index is 13.4. The summed E-state index contributed by atoms with van der Waals surface area (Å²) in [5.41, 5.74) is 1.11. The Hall–Kier alpha value is -3.72. The maximum atomic E-state index is 13.4. The standard InChI is InChI=1S/C29H37N3O6/c1-20(25(33)32-24(18-31(5)28(32)36)27(35)38-29(2,3)4)30-23(17-16-21-12-8-6-9-13-21)26(34)37-19-22-14-10-7-11-15-22/h6-15,20,23-24,30H,16-19H2,1-5H3/t20-,23-,24-/m0/s1. The van der Waals surface area contributed by atoms with Crippen molar-refractivity contribution in [3.8, 4) is 0 Å². The lowest BCUT2D eigenvalue weighted by atomic mass is 10.0. The van der Waals surface area contributed by atoms with E-state index < -0.39 is 47.6 Å². The highest BCUT2D eigenvalue weighted by molar-refractivity contribution is 6.03. The van der Waals surface area contributed by atoms with Gasteiger partial charge in [-0.05, 0) is 51.7 Å². The zero-order valence-corrected chi connectivity index (χ0v) is 22.7. The molecular weight excluding hydrogens is 486 g/mol. The van der Waals surface area contributed by atoms with Crippen LogP contribution in [0.3, 0.4) is 0 Å². The molecule has 0 saturated carbocycles. The minimum Gasteiger partial charge on any atom is -0.460 e. The molecule has 0 aliphatic carbocycles. The largest absolute Gasteiger partial charge is 0.460 e. The fourth-order valence-corrected chi connectivity index (χ4v) is 4.17. The van der Waals surface area contributed by atoms with Crippen molar-refractivity contribution in [2.45, 2.75) is 70.9 Å². The number of imide groups is 1. The minimum atomic E-state index is -1.07. The topological polar surface area (TPSA) is 105 Å². The molecule has 1 aliphatic heterocycles. The fraction of sp³-hybridized carbons (Fsp3) is 0.448. The zero-order chi connectivity index (χ0) is 27.9. The van der Waals surface area contributed by atoms with Crippen LogP contribution in [-0.2, 0) is 36.9 Å². The number of hydrogen-bond donors (Lipinski definition) is 1. The number of amides is 3. The number of carbonyl (C=O) groups is 4. The summed E-state index contributed by atoms with van der Waals surface area (Å²) in [5.74, 6) is -1.77. The summed E-state index contributed by atoms with van der Waals surface area (Å²) in [6, 6.07) is 15.6. The van der Waals surface area contributed by atoms with Gasteiger partial charge in [0.1, 0.15) is 18.2 Å². The van der Waals surface area contributed by atoms with Gasteiger partial charge < -0.3 is 14.4 Å². The second kappa shape index (κ2) is 12.7. The van der Waals surface area contributed by atoms with Gasteiger partial charge >= 0.3 is 18.0 Å². The Morgan fingerprint density at radius 3 is 2.16 bits per heavy atom. The molecular formula is C29H37N3O6. The molecule has 204 valence electrons. The lowest BCUT2D eigenvalue weighted by Crippen LogP contribution is -2.55. The third-order valence-electron chi connectivity index (χ3n) is 6.10. The van der Waals surface area contributed by atoms with Gasteiger partial charge in [-0.2, -0.15) is 0 Å². The third-order valence-corrected chi connectivity index (χ3v) is 6.10. The highest BCUT2D eigenvalue weighted by Gasteiger charge is 2.46. The Kier molecular flexibility index (Phi) is 9.63. The molecule has 38 heavy (non-hydrogen) atoms. The van der Waals surface area contributed by atoms with Crippen molar-refractivity contribution in [2.75, 3.05) is 13.6 Å². The van der Waals surface area contributed by atoms with Crippen LogP contribution in [0.2, 0.25) is 0 Å². The van der Waals surface area contributed by atoms with Gasteiger partial charge in [-0.15, -0.1) is 0 Å². The Morgan fingerprint density at radius 1 is 1.00 bits per heavy atom. The summed E-state index contributed by atoms with van der Waals surface area (Å²) in [4.78, 5) is 54.4. The maximum Gasteiger partial charge on any atom is 0.331 e. The zero-order valence-electron chi connectivity index (χ0n) is 22.7. The average Bonchev–Trinajstić information content (AvgIpc) is 3.18. The lowest BCUT2D eigenvalue weighted by molar-refractivity contribution is -0.162. The molecule has 9 heteroatoms. The number of esters is 2. The summed E-state index contributed by atoms with van der Waals surface area (Å²) in [5, 5.41) is 3.05. The number of likely N-dealkylation sites (N-methyl/N-ethyl adjacent to an activating group) is 1. The van der Waals surface area contributed by atoms with Crippen molar-refractivity contribution >= 4 is 23.9 Å². The van der Waals surface area contributed by atoms with E-state index in [-0.39, 0.29) is 13.2 Å². The van der Waals surface area contributed by atoms with Crippen molar-refractivity contribution in [3.05, 3.63) is 71.8 Å². The first-order valence-electron chi connectivity index (χ1n) is 12.8. The molecule has 0 spiro atoms. The summed E-state index contributed by atoms with van der Waals surface area (Å²) in [7, 11) is 1.52. The van der Waals surface area contributed by atoms with Crippen LogP contribution in [0.15, 0.2) is 60.7 Å². The predicted octanol–water partition coefficient (Wildman–Crippen LogP) is 3.31. The van der Waals surface area contributed by atoms with Crippen LogP contribution in [-0.4, -0.2) is 71.0 Å². The number of benzene rings is 2. The van der Waals surface area contributed by atoms with Gasteiger partial charge in [0.2, 0.25) is 5.91 Å². The van der Waals surface area contributed by atoms with E-state index in [0.29, 0.717) is 12.8 Å². The molecule has 0 bridgehead atoms. The molecule has 3 rings (SSSR count). The second-order valence-electron chi connectivity index (χ2n) is 10.5. The first-order valence-corrected chi connectivity index (χ1v) is 12.8. The quantitative estimate of drug-likeness (QED) is 0.477. The SMILES string of the molecule is C[C@H](N[C@@H](CCc1ccccc1)C(=O)OCc1ccccc1)C(=O)N1C(=O)N(C)C[C@H]1C(=O)OC(C)(C)C.